The van der Waals surface area contributed by atoms with Crippen molar-refractivity contribution < 1.29 is 4.65 Å². The van der Waals surface area contributed by atoms with Crippen LogP contribution in [0.5, 0.6) is 0 Å². The highest BCUT2D eigenvalue weighted by Crippen LogP contribution is 2.57. The summed E-state index contributed by atoms with van der Waals surface area (Å²) in [5, 5.41) is 0. The van der Waals surface area contributed by atoms with E-state index in [0.29, 0.717) is 6.92 Å². The molecular weight excluding hydrogens is 279 g/mol. The topological polar surface area (TPSA) is 9.23 Å². The predicted octanol–water partition coefficient (Wildman–Crippen LogP) is 6.47. The standard InChI is InChI=1S/C21H35BO/c1-3-19(4-2)23-22(20-13-15-5-9-17(20)10-6-15)21-14-16-7-11-18(21)12-8-16/h3,15-18,20-21H,4-14H2,1-2H3/b19-3-. The Labute approximate surface area is 143 Å². The number of fused-ring (bicyclic) bond motifs is 6. The van der Waals surface area contributed by atoms with Gasteiger partial charge in [-0.05, 0) is 48.7 Å². The van der Waals surface area contributed by atoms with Gasteiger partial charge in [-0.1, -0.05) is 77.2 Å². The third-order valence-electron chi connectivity index (χ3n) is 8.01. The van der Waals surface area contributed by atoms with Gasteiger partial charge in [0.25, 0.3) is 0 Å². The van der Waals surface area contributed by atoms with Crippen molar-refractivity contribution in [2.24, 2.45) is 23.7 Å². The normalized spacial score (nSPS) is 42.8. The summed E-state index contributed by atoms with van der Waals surface area (Å²) in [4.78, 5) is 0. The van der Waals surface area contributed by atoms with E-state index in [0.717, 1.165) is 41.7 Å². The summed E-state index contributed by atoms with van der Waals surface area (Å²) in [6, 6.07) is 0. The first-order valence-corrected chi connectivity index (χ1v) is 10.6. The molecule has 2 heteroatoms. The third-order valence-corrected chi connectivity index (χ3v) is 8.01. The van der Waals surface area contributed by atoms with Gasteiger partial charge in [0.05, 0.1) is 5.76 Å². The van der Waals surface area contributed by atoms with Crippen molar-refractivity contribution in [1.82, 2.24) is 0 Å². The Bertz CT molecular complexity index is 399. The minimum Gasteiger partial charge on any atom is -0.563 e. The first-order chi connectivity index (χ1) is 11.3. The maximum atomic E-state index is 6.79. The second-order valence-corrected chi connectivity index (χ2v) is 9.05. The molecule has 6 fully saturated rings. The van der Waals surface area contributed by atoms with Crippen molar-refractivity contribution in [3.63, 3.8) is 0 Å². The van der Waals surface area contributed by atoms with Crippen LogP contribution in [0.4, 0.5) is 0 Å². The molecule has 2 atom stereocenters. The number of allylic oxidation sites excluding steroid dienone is 2. The summed E-state index contributed by atoms with van der Waals surface area (Å²) >= 11 is 0. The van der Waals surface area contributed by atoms with Gasteiger partial charge in [0, 0.05) is 0 Å². The molecule has 0 N–H and O–H groups in total. The van der Waals surface area contributed by atoms with Gasteiger partial charge in [-0.2, -0.15) is 0 Å². The summed E-state index contributed by atoms with van der Waals surface area (Å²) < 4.78 is 6.79. The van der Waals surface area contributed by atoms with Gasteiger partial charge in [0.1, 0.15) is 0 Å². The Balaban J connectivity index is 1.56. The van der Waals surface area contributed by atoms with Crippen LogP contribution in [0, 0.1) is 23.7 Å². The molecule has 0 radical (unpaired) electrons. The van der Waals surface area contributed by atoms with Crippen LogP contribution in [-0.2, 0) is 4.65 Å². The monoisotopic (exact) mass is 314 g/mol. The lowest BCUT2D eigenvalue weighted by Gasteiger charge is -2.50. The minimum atomic E-state index is 0.544. The Kier molecular flexibility index (Phi) is 4.79. The van der Waals surface area contributed by atoms with Gasteiger partial charge in [0.15, 0.2) is 0 Å². The van der Waals surface area contributed by atoms with E-state index in [1.54, 1.807) is 0 Å². The van der Waals surface area contributed by atoms with Crippen molar-refractivity contribution in [1.29, 1.82) is 0 Å². The molecule has 1 nitrogen and oxygen atoms in total. The average Bonchev–Trinajstić information content (AvgIpc) is 2.64. The summed E-state index contributed by atoms with van der Waals surface area (Å²) in [7, 11) is 0. The van der Waals surface area contributed by atoms with E-state index in [1.807, 2.05) is 0 Å². The SMILES string of the molecule is C/C=C(/CC)OB(C1CC2CCC1CC2)C1CC2CCC1CC2. The molecule has 6 aliphatic rings. The molecule has 6 saturated carbocycles. The maximum absolute atomic E-state index is 6.79. The average molecular weight is 314 g/mol. The van der Waals surface area contributed by atoms with Crippen LogP contribution in [-0.4, -0.2) is 6.92 Å². The van der Waals surface area contributed by atoms with Crippen molar-refractivity contribution in [2.75, 3.05) is 0 Å². The Morgan fingerprint density at radius 2 is 1.35 bits per heavy atom. The highest BCUT2D eigenvalue weighted by molar-refractivity contribution is 6.56. The van der Waals surface area contributed by atoms with Gasteiger partial charge in [-0.15, -0.1) is 0 Å². The Hall–Kier alpha value is -0.395. The Morgan fingerprint density at radius 3 is 1.65 bits per heavy atom. The molecule has 0 aromatic heterocycles. The summed E-state index contributed by atoms with van der Waals surface area (Å²) in [5.74, 6) is 6.99. The summed E-state index contributed by atoms with van der Waals surface area (Å²) in [6.45, 7) is 4.96. The van der Waals surface area contributed by atoms with Gasteiger partial charge in [0.2, 0.25) is 0 Å². The molecule has 6 aliphatic carbocycles. The first-order valence-electron chi connectivity index (χ1n) is 10.6. The molecule has 0 heterocycles. The number of hydrogen-bond donors (Lipinski definition) is 0. The molecule has 23 heavy (non-hydrogen) atoms. The molecule has 128 valence electrons. The second-order valence-electron chi connectivity index (χ2n) is 9.05. The van der Waals surface area contributed by atoms with Gasteiger partial charge in [-0.3, -0.25) is 0 Å². The molecule has 6 rings (SSSR count). The first kappa shape index (κ1) is 16.1. The molecule has 0 amide bonds. The minimum absolute atomic E-state index is 0.544. The molecule has 2 unspecified atom stereocenters. The van der Waals surface area contributed by atoms with Crippen molar-refractivity contribution in [2.45, 2.75) is 96.1 Å². The molecule has 0 aromatic rings. The fraction of sp³-hybridized carbons (Fsp3) is 0.905. The predicted molar refractivity (Wildman–Crippen MR) is 98.5 cm³/mol. The molecule has 4 bridgehead atoms. The van der Waals surface area contributed by atoms with Gasteiger partial charge < -0.3 is 4.65 Å². The zero-order valence-electron chi connectivity index (χ0n) is 15.3. The molecule has 0 aromatic carbocycles. The zero-order valence-corrected chi connectivity index (χ0v) is 15.3. The lowest BCUT2D eigenvalue weighted by molar-refractivity contribution is 0.136. The second kappa shape index (κ2) is 6.85. The zero-order chi connectivity index (χ0) is 15.8. The number of rotatable bonds is 5. The van der Waals surface area contributed by atoms with Crippen LogP contribution in [0.15, 0.2) is 11.8 Å². The van der Waals surface area contributed by atoms with Crippen LogP contribution in [0.1, 0.15) is 84.5 Å². The largest absolute Gasteiger partial charge is 0.563 e. The van der Waals surface area contributed by atoms with Gasteiger partial charge >= 0.3 is 6.92 Å². The lowest BCUT2D eigenvalue weighted by Crippen LogP contribution is -2.45. The smallest absolute Gasteiger partial charge is 0.364 e. The van der Waals surface area contributed by atoms with Gasteiger partial charge in [-0.25, -0.2) is 0 Å². The van der Waals surface area contributed by atoms with Crippen LogP contribution < -0.4 is 0 Å². The van der Waals surface area contributed by atoms with Crippen LogP contribution in [0.3, 0.4) is 0 Å². The van der Waals surface area contributed by atoms with E-state index in [1.165, 1.54) is 70.0 Å². The van der Waals surface area contributed by atoms with E-state index < -0.39 is 0 Å². The van der Waals surface area contributed by atoms with Crippen molar-refractivity contribution >= 4 is 6.92 Å². The fourth-order valence-corrected chi connectivity index (χ4v) is 6.69. The van der Waals surface area contributed by atoms with E-state index in [-0.39, 0.29) is 0 Å². The molecule has 0 saturated heterocycles. The third kappa shape index (κ3) is 3.12. The number of hydrogen-bond acceptors (Lipinski definition) is 1. The Morgan fingerprint density at radius 1 is 0.870 bits per heavy atom. The highest BCUT2D eigenvalue weighted by atomic mass is 16.4. The maximum Gasteiger partial charge on any atom is 0.364 e. The van der Waals surface area contributed by atoms with E-state index in [2.05, 4.69) is 19.9 Å². The molecule has 0 spiro atoms. The van der Waals surface area contributed by atoms with E-state index >= 15 is 0 Å². The van der Waals surface area contributed by atoms with Crippen molar-refractivity contribution in [3.05, 3.63) is 11.8 Å². The lowest BCUT2D eigenvalue weighted by atomic mass is 9.34. The molecule has 0 aliphatic heterocycles. The van der Waals surface area contributed by atoms with Crippen LogP contribution >= 0.6 is 0 Å². The fourth-order valence-electron chi connectivity index (χ4n) is 6.69. The van der Waals surface area contributed by atoms with Crippen LogP contribution in [0.25, 0.3) is 0 Å². The summed E-state index contributed by atoms with van der Waals surface area (Å²) in [6.07, 6.45) is 18.3. The highest BCUT2D eigenvalue weighted by Gasteiger charge is 2.51. The van der Waals surface area contributed by atoms with Crippen LogP contribution in [0.2, 0.25) is 11.6 Å². The molecular formula is C21H35BO. The summed E-state index contributed by atoms with van der Waals surface area (Å²) in [5.41, 5.74) is 0. The van der Waals surface area contributed by atoms with Crippen molar-refractivity contribution in [3.8, 4) is 0 Å². The van der Waals surface area contributed by atoms with E-state index in [4.69, 9.17) is 4.65 Å². The van der Waals surface area contributed by atoms with E-state index in [9.17, 15) is 0 Å². The quantitative estimate of drug-likeness (QED) is 0.417.